The second-order valence-electron chi connectivity index (χ2n) is 5.60. The van der Waals surface area contributed by atoms with Crippen molar-refractivity contribution >= 4 is 10.8 Å². The van der Waals surface area contributed by atoms with Gasteiger partial charge in [-0.1, -0.05) is 30.7 Å². The fraction of sp³-hybridized carbons (Fsp3) is 0.471. The summed E-state index contributed by atoms with van der Waals surface area (Å²) < 4.78 is 0. The fourth-order valence-corrected chi connectivity index (χ4v) is 2.96. The summed E-state index contributed by atoms with van der Waals surface area (Å²) in [6.45, 7) is 5.68. The molecule has 1 aromatic carbocycles. The number of pyridine rings is 1. The Morgan fingerprint density at radius 1 is 1.05 bits per heavy atom. The smallest absolute Gasteiger partial charge is 0.0346 e. The van der Waals surface area contributed by atoms with Gasteiger partial charge in [-0.2, -0.15) is 0 Å². The first-order valence-corrected chi connectivity index (χ1v) is 7.68. The van der Waals surface area contributed by atoms with Gasteiger partial charge in [0, 0.05) is 37.4 Å². The third kappa shape index (κ3) is 3.35. The van der Waals surface area contributed by atoms with Crippen molar-refractivity contribution in [3.8, 4) is 0 Å². The predicted octanol–water partition coefficient (Wildman–Crippen LogP) is 2.81. The maximum Gasteiger partial charge on any atom is 0.0346 e. The summed E-state index contributed by atoms with van der Waals surface area (Å²) >= 11 is 0. The molecule has 0 aliphatic carbocycles. The zero-order valence-electron chi connectivity index (χ0n) is 12.0. The van der Waals surface area contributed by atoms with E-state index in [1.165, 1.54) is 48.7 Å². The molecule has 1 aliphatic heterocycles. The minimum absolute atomic E-state index is 0.905. The third-order valence-electron chi connectivity index (χ3n) is 4.12. The highest BCUT2D eigenvalue weighted by molar-refractivity contribution is 5.84. The molecule has 0 bridgehead atoms. The van der Waals surface area contributed by atoms with Crippen LogP contribution in [-0.4, -0.2) is 36.1 Å². The van der Waals surface area contributed by atoms with Crippen LogP contribution in [0, 0.1) is 0 Å². The number of likely N-dealkylation sites (tertiary alicyclic amines) is 1. The van der Waals surface area contributed by atoms with Gasteiger partial charge >= 0.3 is 0 Å². The molecule has 3 rings (SSSR count). The number of piperidine rings is 1. The zero-order chi connectivity index (χ0) is 13.6. The molecule has 1 fully saturated rings. The number of nitrogens with zero attached hydrogens (tertiary/aromatic N) is 2. The standard InChI is InChI=1S/C17H23N3/c1-4-9-20(10-5-1)11-8-18-13-16-14-19-12-15-6-2-3-7-17(15)16/h2-3,6-7,12,14,18H,1,4-5,8-11,13H2. The lowest BCUT2D eigenvalue weighted by atomic mass is 10.1. The number of fused-ring (bicyclic) bond motifs is 1. The van der Waals surface area contributed by atoms with Crippen LogP contribution in [0.5, 0.6) is 0 Å². The molecule has 1 N–H and O–H groups in total. The van der Waals surface area contributed by atoms with Crippen LogP contribution in [0.2, 0.25) is 0 Å². The van der Waals surface area contributed by atoms with Gasteiger partial charge in [-0.05, 0) is 36.9 Å². The largest absolute Gasteiger partial charge is 0.311 e. The highest BCUT2D eigenvalue weighted by Gasteiger charge is 2.08. The van der Waals surface area contributed by atoms with E-state index in [-0.39, 0.29) is 0 Å². The van der Waals surface area contributed by atoms with E-state index in [0.29, 0.717) is 0 Å². The Morgan fingerprint density at radius 2 is 1.90 bits per heavy atom. The molecule has 3 heteroatoms. The third-order valence-corrected chi connectivity index (χ3v) is 4.12. The molecule has 1 saturated heterocycles. The van der Waals surface area contributed by atoms with Crippen molar-refractivity contribution in [2.24, 2.45) is 0 Å². The first-order valence-electron chi connectivity index (χ1n) is 7.68. The second kappa shape index (κ2) is 6.82. The van der Waals surface area contributed by atoms with Gasteiger partial charge in [-0.3, -0.25) is 4.98 Å². The van der Waals surface area contributed by atoms with Crippen LogP contribution in [0.1, 0.15) is 24.8 Å². The minimum atomic E-state index is 0.905. The molecule has 0 radical (unpaired) electrons. The van der Waals surface area contributed by atoms with Crippen LogP contribution in [-0.2, 0) is 6.54 Å². The van der Waals surface area contributed by atoms with E-state index in [1.807, 2.05) is 12.4 Å². The Labute approximate surface area is 121 Å². The van der Waals surface area contributed by atoms with Gasteiger partial charge in [0.1, 0.15) is 0 Å². The summed E-state index contributed by atoms with van der Waals surface area (Å²) in [5, 5.41) is 6.10. The molecule has 1 aromatic heterocycles. The number of hydrogen-bond acceptors (Lipinski definition) is 3. The van der Waals surface area contributed by atoms with Crippen molar-refractivity contribution in [3.05, 3.63) is 42.2 Å². The Morgan fingerprint density at radius 3 is 2.80 bits per heavy atom. The molecular formula is C17H23N3. The van der Waals surface area contributed by atoms with Crippen molar-refractivity contribution in [2.75, 3.05) is 26.2 Å². The van der Waals surface area contributed by atoms with E-state index in [2.05, 4.69) is 39.5 Å². The van der Waals surface area contributed by atoms with Crippen molar-refractivity contribution < 1.29 is 0 Å². The van der Waals surface area contributed by atoms with Gasteiger partial charge in [0.25, 0.3) is 0 Å². The van der Waals surface area contributed by atoms with E-state index in [9.17, 15) is 0 Å². The van der Waals surface area contributed by atoms with Gasteiger partial charge in [0.2, 0.25) is 0 Å². The second-order valence-corrected chi connectivity index (χ2v) is 5.60. The van der Waals surface area contributed by atoms with Crippen LogP contribution in [0.4, 0.5) is 0 Å². The molecular weight excluding hydrogens is 246 g/mol. The highest BCUT2D eigenvalue weighted by Crippen LogP contribution is 2.16. The normalized spacial score (nSPS) is 16.6. The van der Waals surface area contributed by atoms with Crippen LogP contribution < -0.4 is 5.32 Å². The van der Waals surface area contributed by atoms with Crippen LogP contribution >= 0.6 is 0 Å². The van der Waals surface area contributed by atoms with E-state index in [0.717, 1.165) is 19.6 Å². The summed E-state index contributed by atoms with van der Waals surface area (Å²) in [4.78, 5) is 6.90. The summed E-state index contributed by atoms with van der Waals surface area (Å²) in [6, 6.07) is 8.47. The molecule has 0 spiro atoms. The summed E-state index contributed by atoms with van der Waals surface area (Å²) in [7, 11) is 0. The van der Waals surface area contributed by atoms with Crippen LogP contribution in [0.25, 0.3) is 10.8 Å². The average molecular weight is 269 g/mol. The summed E-state index contributed by atoms with van der Waals surface area (Å²) in [5.41, 5.74) is 1.29. The lowest BCUT2D eigenvalue weighted by Crippen LogP contribution is -2.35. The van der Waals surface area contributed by atoms with Crippen molar-refractivity contribution in [3.63, 3.8) is 0 Å². The number of nitrogens with one attached hydrogen (secondary N) is 1. The van der Waals surface area contributed by atoms with Crippen molar-refractivity contribution in [1.82, 2.24) is 15.2 Å². The number of benzene rings is 1. The van der Waals surface area contributed by atoms with Gasteiger partial charge in [-0.25, -0.2) is 0 Å². The van der Waals surface area contributed by atoms with Crippen LogP contribution in [0.15, 0.2) is 36.7 Å². The summed E-state index contributed by atoms with van der Waals surface area (Å²) in [5.74, 6) is 0. The fourth-order valence-electron chi connectivity index (χ4n) is 2.96. The van der Waals surface area contributed by atoms with Crippen LogP contribution in [0.3, 0.4) is 0 Å². The van der Waals surface area contributed by atoms with E-state index in [4.69, 9.17) is 0 Å². The molecule has 2 aromatic rings. The molecule has 0 saturated carbocycles. The van der Waals surface area contributed by atoms with E-state index in [1.54, 1.807) is 0 Å². The average Bonchev–Trinajstić information content (AvgIpc) is 2.53. The topological polar surface area (TPSA) is 28.2 Å². The minimum Gasteiger partial charge on any atom is -0.311 e. The maximum atomic E-state index is 4.33. The quantitative estimate of drug-likeness (QED) is 0.846. The predicted molar refractivity (Wildman–Crippen MR) is 83.7 cm³/mol. The van der Waals surface area contributed by atoms with Gasteiger partial charge < -0.3 is 10.2 Å². The molecule has 3 nitrogen and oxygen atoms in total. The lowest BCUT2D eigenvalue weighted by Gasteiger charge is -2.26. The lowest BCUT2D eigenvalue weighted by molar-refractivity contribution is 0.229. The molecule has 0 unspecified atom stereocenters. The Balaban J connectivity index is 1.52. The zero-order valence-corrected chi connectivity index (χ0v) is 12.0. The van der Waals surface area contributed by atoms with Gasteiger partial charge in [0.15, 0.2) is 0 Å². The highest BCUT2D eigenvalue weighted by atomic mass is 15.1. The first-order chi connectivity index (χ1) is 9.93. The van der Waals surface area contributed by atoms with E-state index < -0.39 is 0 Å². The van der Waals surface area contributed by atoms with Gasteiger partial charge in [0.05, 0.1) is 0 Å². The molecule has 0 amide bonds. The molecule has 2 heterocycles. The Hall–Kier alpha value is -1.45. The molecule has 1 aliphatic rings. The molecule has 0 atom stereocenters. The first kappa shape index (κ1) is 13.5. The van der Waals surface area contributed by atoms with Crippen molar-refractivity contribution in [1.29, 1.82) is 0 Å². The van der Waals surface area contributed by atoms with Gasteiger partial charge in [-0.15, -0.1) is 0 Å². The number of rotatable bonds is 5. The molecule has 20 heavy (non-hydrogen) atoms. The maximum absolute atomic E-state index is 4.33. The van der Waals surface area contributed by atoms with Crippen molar-refractivity contribution in [2.45, 2.75) is 25.8 Å². The number of aromatic nitrogens is 1. The summed E-state index contributed by atoms with van der Waals surface area (Å²) in [6.07, 6.45) is 8.06. The Bertz CT molecular complexity index is 541. The van der Waals surface area contributed by atoms with E-state index >= 15 is 0 Å². The molecule has 106 valence electrons. The SMILES string of the molecule is c1ccc2c(CNCCN3CCCCC3)cncc2c1. The Kier molecular flexibility index (Phi) is 4.61. The monoisotopic (exact) mass is 269 g/mol. The number of hydrogen-bond donors (Lipinski definition) is 1.